The fourth-order valence-electron chi connectivity index (χ4n) is 3.33. The van der Waals surface area contributed by atoms with E-state index in [0.717, 1.165) is 0 Å². The quantitative estimate of drug-likeness (QED) is 0.407. The van der Waals surface area contributed by atoms with Gasteiger partial charge in [-0.05, 0) is 59.7 Å². The van der Waals surface area contributed by atoms with Gasteiger partial charge in [0.1, 0.15) is 16.9 Å². The number of hydrogen-bond acceptors (Lipinski definition) is 7. The molecular weight excluding hydrogens is 400 g/mol. The third-order valence-electron chi connectivity index (χ3n) is 5.38. The molecule has 0 N–H and O–H groups in total. The van der Waals surface area contributed by atoms with Crippen molar-refractivity contribution in [3.8, 4) is 5.75 Å². The molecule has 0 amide bonds. The number of esters is 2. The van der Waals surface area contributed by atoms with E-state index in [1.807, 2.05) is 0 Å². The van der Waals surface area contributed by atoms with Crippen LogP contribution >= 0.6 is 0 Å². The van der Waals surface area contributed by atoms with Crippen molar-refractivity contribution >= 4 is 22.9 Å². The third-order valence-corrected chi connectivity index (χ3v) is 5.38. The Kier molecular flexibility index (Phi) is 6.06. The first-order valence-corrected chi connectivity index (χ1v) is 10.0. The number of carbonyl (C=O) groups is 2. The van der Waals surface area contributed by atoms with E-state index in [9.17, 15) is 14.4 Å². The zero-order chi connectivity index (χ0) is 22.9. The van der Waals surface area contributed by atoms with Gasteiger partial charge in [-0.2, -0.15) is 0 Å². The van der Waals surface area contributed by atoms with Gasteiger partial charge in [0.25, 0.3) is 0 Å². The Hall–Kier alpha value is -3.35. The number of ether oxygens (including phenoxy) is 3. The predicted molar refractivity (Wildman–Crippen MR) is 115 cm³/mol. The Morgan fingerprint density at radius 2 is 1.55 bits per heavy atom. The number of carbonyl (C=O) groups excluding carboxylic acids is 2. The van der Waals surface area contributed by atoms with Gasteiger partial charge in [0, 0.05) is 22.6 Å². The van der Waals surface area contributed by atoms with Crippen LogP contribution in [0, 0.1) is 0 Å². The Morgan fingerprint density at radius 3 is 2.16 bits per heavy atom. The number of rotatable bonds is 4. The maximum absolute atomic E-state index is 12.7. The van der Waals surface area contributed by atoms with Gasteiger partial charge in [-0.1, -0.05) is 12.2 Å². The zero-order valence-electron chi connectivity index (χ0n) is 18.5. The van der Waals surface area contributed by atoms with Gasteiger partial charge in [0.2, 0.25) is 0 Å². The van der Waals surface area contributed by atoms with Crippen molar-refractivity contribution in [2.75, 3.05) is 0 Å². The van der Waals surface area contributed by atoms with Crippen LogP contribution in [-0.2, 0) is 19.1 Å². The van der Waals surface area contributed by atoms with Crippen molar-refractivity contribution in [3.05, 3.63) is 63.5 Å². The molecule has 7 nitrogen and oxygen atoms in total. The second kappa shape index (κ2) is 8.41. The van der Waals surface area contributed by atoms with Crippen LogP contribution in [0.1, 0.15) is 53.2 Å². The smallest absolute Gasteiger partial charge is 0.336 e. The molecule has 0 saturated carbocycles. The molecule has 0 spiro atoms. The van der Waals surface area contributed by atoms with Gasteiger partial charge in [0.05, 0.1) is 5.56 Å². The summed E-state index contributed by atoms with van der Waals surface area (Å²) in [5, 5.41) is 0.625. The molecule has 1 aromatic carbocycles. The molecule has 0 fully saturated rings. The lowest BCUT2D eigenvalue weighted by Gasteiger charge is -2.43. The molecule has 0 bridgehead atoms. The van der Waals surface area contributed by atoms with Gasteiger partial charge in [-0.3, -0.25) is 0 Å². The van der Waals surface area contributed by atoms with Crippen LogP contribution in [0.15, 0.2) is 56.8 Å². The minimum atomic E-state index is -1.05. The van der Waals surface area contributed by atoms with Crippen molar-refractivity contribution in [2.24, 2.45) is 0 Å². The van der Waals surface area contributed by atoms with E-state index < -0.39 is 35.4 Å². The topological polar surface area (TPSA) is 92.0 Å². The van der Waals surface area contributed by atoms with Crippen molar-refractivity contribution in [1.29, 1.82) is 0 Å². The Labute approximate surface area is 180 Å². The van der Waals surface area contributed by atoms with Gasteiger partial charge in [-0.15, -0.1) is 0 Å². The summed E-state index contributed by atoms with van der Waals surface area (Å²) >= 11 is 0. The van der Waals surface area contributed by atoms with Crippen LogP contribution in [0.2, 0.25) is 0 Å². The molecular formula is C24H26O7. The molecule has 3 rings (SSSR count). The Bertz CT molecular complexity index is 1150. The number of allylic oxidation sites excluding steroid dienone is 2. The highest BCUT2D eigenvalue weighted by molar-refractivity contribution is 5.90. The number of fused-ring (bicyclic) bond motifs is 3. The number of benzene rings is 1. The van der Waals surface area contributed by atoms with Crippen molar-refractivity contribution in [3.63, 3.8) is 0 Å². The maximum atomic E-state index is 12.7. The molecule has 0 saturated heterocycles. The first-order chi connectivity index (χ1) is 14.6. The molecule has 2 heterocycles. The molecule has 1 aliphatic rings. The summed E-state index contributed by atoms with van der Waals surface area (Å²) in [7, 11) is 0. The highest BCUT2D eigenvalue weighted by atomic mass is 16.6. The fourth-order valence-corrected chi connectivity index (χ4v) is 3.33. The average Bonchev–Trinajstić information content (AvgIpc) is 2.73. The SMILES string of the molecule is C/C=C(/C)C(=O)O[C@@H]1c2c(ccc3ccc(=O)oc23)OC(C)(C)[C@@H]1OC(=O)/C(C)=C\C. The standard InChI is InChI=1S/C24H26O7/c1-7-13(3)22(26)29-20-18-16(11-9-15-10-12-17(25)28-19(15)18)31-24(5,6)21(20)30-23(27)14(4)8-2/h7-12,20-21H,1-6H3/b13-7-,14-8-/t20-,21-/m1/s1. The highest BCUT2D eigenvalue weighted by Gasteiger charge is 2.50. The monoisotopic (exact) mass is 426 g/mol. The molecule has 1 aromatic heterocycles. The molecule has 0 radical (unpaired) electrons. The molecule has 0 unspecified atom stereocenters. The Morgan fingerprint density at radius 1 is 0.968 bits per heavy atom. The molecule has 0 aliphatic carbocycles. The summed E-state index contributed by atoms with van der Waals surface area (Å²) in [5.41, 5.74) is -0.224. The summed E-state index contributed by atoms with van der Waals surface area (Å²) < 4.78 is 23.2. The predicted octanol–water partition coefficient (Wildman–Crippen LogP) is 4.39. The normalized spacial score (nSPS) is 20.6. The van der Waals surface area contributed by atoms with Crippen molar-refractivity contribution < 1.29 is 28.2 Å². The fraction of sp³-hybridized carbons (Fsp3) is 0.375. The zero-order valence-corrected chi connectivity index (χ0v) is 18.5. The summed E-state index contributed by atoms with van der Waals surface area (Å²) in [6.45, 7) is 10.2. The minimum Gasteiger partial charge on any atom is -0.483 e. The summed E-state index contributed by atoms with van der Waals surface area (Å²) in [4.78, 5) is 37.3. The van der Waals surface area contributed by atoms with Gasteiger partial charge in [-0.25, -0.2) is 14.4 Å². The van der Waals surface area contributed by atoms with Gasteiger partial charge in [0.15, 0.2) is 12.2 Å². The maximum Gasteiger partial charge on any atom is 0.336 e. The van der Waals surface area contributed by atoms with Crippen molar-refractivity contribution in [2.45, 2.75) is 59.4 Å². The van der Waals surface area contributed by atoms with Crippen LogP contribution in [-0.4, -0.2) is 23.6 Å². The van der Waals surface area contributed by atoms with Crippen molar-refractivity contribution in [1.82, 2.24) is 0 Å². The first-order valence-electron chi connectivity index (χ1n) is 10.0. The van der Waals surface area contributed by atoms with Crippen LogP contribution in [0.3, 0.4) is 0 Å². The van der Waals surface area contributed by atoms with Crippen LogP contribution in [0.5, 0.6) is 5.75 Å². The second-order valence-corrected chi connectivity index (χ2v) is 7.95. The highest BCUT2D eigenvalue weighted by Crippen LogP contribution is 2.46. The average molecular weight is 426 g/mol. The molecule has 2 atom stereocenters. The van der Waals surface area contributed by atoms with Gasteiger partial charge < -0.3 is 18.6 Å². The van der Waals surface area contributed by atoms with E-state index >= 15 is 0 Å². The summed E-state index contributed by atoms with van der Waals surface area (Å²) in [6, 6.07) is 6.39. The Balaban J connectivity index is 2.23. The van der Waals surface area contributed by atoms with E-state index in [0.29, 0.717) is 27.8 Å². The molecule has 2 aromatic rings. The second-order valence-electron chi connectivity index (χ2n) is 7.95. The van der Waals surface area contributed by atoms with Crippen LogP contribution in [0.4, 0.5) is 0 Å². The van der Waals surface area contributed by atoms with Gasteiger partial charge >= 0.3 is 17.6 Å². The first kappa shape index (κ1) is 22.3. The van der Waals surface area contributed by atoms with Crippen LogP contribution in [0.25, 0.3) is 11.0 Å². The summed E-state index contributed by atoms with van der Waals surface area (Å²) in [5.74, 6) is -0.744. The minimum absolute atomic E-state index is 0.222. The third kappa shape index (κ3) is 4.26. The van der Waals surface area contributed by atoms with E-state index in [1.54, 1.807) is 71.9 Å². The van der Waals surface area contributed by atoms with Crippen LogP contribution < -0.4 is 10.4 Å². The largest absolute Gasteiger partial charge is 0.483 e. The molecule has 31 heavy (non-hydrogen) atoms. The van der Waals surface area contributed by atoms with E-state index in [-0.39, 0.29) is 5.58 Å². The summed E-state index contributed by atoms with van der Waals surface area (Å²) in [6.07, 6.45) is 1.21. The number of hydrogen-bond donors (Lipinski definition) is 0. The molecule has 1 aliphatic heterocycles. The lowest BCUT2D eigenvalue weighted by molar-refractivity contribution is -0.185. The molecule has 164 valence electrons. The lowest BCUT2D eigenvalue weighted by Crippen LogP contribution is -2.52. The van der Waals surface area contributed by atoms with E-state index in [2.05, 4.69) is 0 Å². The lowest BCUT2D eigenvalue weighted by atomic mass is 9.87. The van der Waals surface area contributed by atoms with E-state index in [4.69, 9.17) is 18.6 Å². The van der Waals surface area contributed by atoms with E-state index in [1.165, 1.54) is 6.07 Å². The molecule has 7 heteroatoms.